The van der Waals surface area contributed by atoms with Gasteiger partial charge in [0, 0.05) is 40.3 Å². The van der Waals surface area contributed by atoms with E-state index in [9.17, 15) is 4.21 Å². The standard InChI is InChI=1S/C14H21NO2S/c1-11(18(2)16)7-9-15-13-8-10-17-14-6-4-3-5-12(13)14/h3-6,11,13,15H,7-10H2,1-2H3. The van der Waals surface area contributed by atoms with Gasteiger partial charge in [-0.3, -0.25) is 4.21 Å². The Morgan fingerprint density at radius 2 is 2.28 bits per heavy atom. The van der Waals surface area contributed by atoms with Gasteiger partial charge in [-0.25, -0.2) is 0 Å². The molecule has 1 aliphatic heterocycles. The molecular weight excluding hydrogens is 246 g/mol. The van der Waals surface area contributed by atoms with Gasteiger partial charge in [0.25, 0.3) is 0 Å². The minimum atomic E-state index is -0.727. The molecule has 0 aliphatic carbocycles. The molecule has 18 heavy (non-hydrogen) atoms. The van der Waals surface area contributed by atoms with Crippen LogP contribution in [-0.2, 0) is 10.8 Å². The molecule has 0 radical (unpaired) electrons. The number of fused-ring (bicyclic) bond motifs is 1. The Morgan fingerprint density at radius 3 is 3.06 bits per heavy atom. The Hall–Kier alpha value is -0.870. The number of nitrogens with one attached hydrogen (secondary N) is 1. The van der Waals surface area contributed by atoms with Crippen molar-refractivity contribution in [3.8, 4) is 5.75 Å². The van der Waals surface area contributed by atoms with Crippen molar-refractivity contribution in [2.24, 2.45) is 0 Å². The highest BCUT2D eigenvalue weighted by molar-refractivity contribution is 7.84. The van der Waals surface area contributed by atoms with Gasteiger partial charge in [0.1, 0.15) is 5.75 Å². The first-order chi connectivity index (χ1) is 8.68. The Morgan fingerprint density at radius 1 is 1.50 bits per heavy atom. The normalized spacial score (nSPS) is 21.8. The molecule has 0 saturated heterocycles. The van der Waals surface area contributed by atoms with E-state index < -0.39 is 10.8 Å². The SMILES string of the molecule is CC(CCNC1CCOc2ccccc21)S(C)=O. The molecule has 0 aromatic heterocycles. The molecule has 2 rings (SSSR count). The lowest BCUT2D eigenvalue weighted by Crippen LogP contribution is -2.29. The van der Waals surface area contributed by atoms with Crippen molar-refractivity contribution in [3.63, 3.8) is 0 Å². The van der Waals surface area contributed by atoms with Crippen LogP contribution >= 0.6 is 0 Å². The third-order valence-electron chi connectivity index (χ3n) is 3.47. The van der Waals surface area contributed by atoms with Gasteiger partial charge < -0.3 is 10.1 Å². The lowest BCUT2D eigenvalue weighted by molar-refractivity contribution is 0.252. The molecule has 0 amide bonds. The average molecular weight is 267 g/mol. The van der Waals surface area contributed by atoms with Crippen LogP contribution in [0.4, 0.5) is 0 Å². The molecule has 1 heterocycles. The highest BCUT2D eigenvalue weighted by Gasteiger charge is 2.20. The third kappa shape index (κ3) is 3.33. The van der Waals surface area contributed by atoms with Crippen molar-refractivity contribution in [1.29, 1.82) is 0 Å². The maximum Gasteiger partial charge on any atom is 0.124 e. The summed E-state index contributed by atoms with van der Waals surface area (Å²) < 4.78 is 16.9. The van der Waals surface area contributed by atoms with Crippen LogP contribution in [0, 0.1) is 0 Å². The number of rotatable bonds is 5. The molecule has 4 heteroatoms. The van der Waals surface area contributed by atoms with Gasteiger partial charge in [-0.15, -0.1) is 0 Å². The van der Waals surface area contributed by atoms with Crippen molar-refractivity contribution in [1.82, 2.24) is 5.32 Å². The van der Waals surface area contributed by atoms with Crippen LogP contribution in [0.2, 0.25) is 0 Å². The molecule has 0 bridgehead atoms. The highest BCUT2D eigenvalue weighted by Crippen LogP contribution is 2.31. The second-order valence-electron chi connectivity index (χ2n) is 4.78. The Labute approximate surface area is 111 Å². The summed E-state index contributed by atoms with van der Waals surface area (Å²) in [6, 6.07) is 8.56. The van der Waals surface area contributed by atoms with E-state index in [1.807, 2.05) is 25.1 Å². The van der Waals surface area contributed by atoms with Gasteiger partial charge in [0.15, 0.2) is 0 Å². The summed E-state index contributed by atoms with van der Waals surface area (Å²) in [6.45, 7) is 3.71. The summed E-state index contributed by atoms with van der Waals surface area (Å²) in [7, 11) is -0.727. The minimum absolute atomic E-state index is 0.257. The lowest BCUT2D eigenvalue weighted by Gasteiger charge is -2.27. The molecule has 1 N–H and O–H groups in total. The summed E-state index contributed by atoms with van der Waals surface area (Å²) in [5.74, 6) is 0.994. The summed E-state index contributed by atoms with van der Waals surface area (Å²) in [5.41, 5.74) is 1.24. The van der Waals surface area contributed by atoms with Crippen molar-refractivity contribution < 1.29 is 8.95 Å². The quantitative estimate of drug-likeness (QED) is 0.889. The van der Waals surface area contributed by atoms with Gasteiger partial charge in [-0.05, 0) is 19.0 Å². The van der Waals surface area contributed by atoms with Crippen molar-refractivity contribution in [2.45, 2.75) is 31.1 Å². The van der Waals surface area contributed by atoms with Gasteiger partial charge in [-0.2, -0.15) is 0 Å². The fourth-order valence-electron chi connectivity index (χ4n) is 2.18. The van der Waals surface area contributed by atoms with E-state index in [2.05, 4.69) is 11.4 Å². The zero-order valence-electron chi connectivity index (χ0n) is 11.0. The van der Waals surface area contributed by atoms with E-state index in [4.69, 9.17) is 4.74 Å². The largest absolute Gasteiger partial charge is 0.493 e. The minimum Gasteiger partial charge on any atom is -0.493 e. The van der Waals surface area contributed by atoms with Crippen LogP contribution in [-0.4, -0.2) is 28.9 Å². The summed E-state index contributed by atoms with van der Waals surface area (Å²) >= 11 is 0. The van der Waals surface area contributed by atoms with Gasteiger partial charge in [-0.1, -0.05) is 25.1 Å². The lowest BCUT2D eigenvalue weighted by atomic mass is 10.0. The number of hydrogen-bond acceptors (Lipinski definition) is 3. The van der Waals surface area contributed by atoms with E-state index in [0.717, 1.165) is 31.7 Å². The van der Waals surface area contributed by atoms with E-state index in [1.54, 1.807) is 6.26 Å². The van der Waals surface area contributed by atoms with Crippen molar-refractivity contribution in [2.75, 3.05) is 19.4 Å². The number of hydrogen-bond donors (Lipinski definition) is 1. The maximum absolute atomic E-state index is 11.3. The van der Waals surface area contributed by atoms with E-state index in [-0.39, 0.29) is 5.25 Å². The zero-order chi connectivity index (χ0) is 13.0. The number of ether oxygens (including phenoxy) is 1. The first kappa shape index (κ1) is 13.6. The summed E-state index contributed by atoms with van der Waals surface area (Å²) in [4.78, 5) is 0. The van der Waals surface area contributed by atoms with Crippen molar-refractivity contribution >= 4 is 10.8 Å². The van der Waals surface area contributed by atoms with E-state index in [1.165, 1.54) is 5.56 Å². The van der Waals surface area contributed by atoms with Crippen LogP contribution in [0.15, 0.2) is 24.3 Å². The van der Waals surface area contributed by atoms with Gasteiger partial charge in [0.05, 0.1) is 6.61 Å². The van der Waals surface area contributed by atoms with E-state index >= 15 is 0 Å². The molecule has 1 aliphatic rings. The second-order valence-corrected chi connectivity index (χ2v) is 6.58. The van der Waals surface area contributed by atoms with E-state index in [0.29, 0.717) is 6.04 Å². The molecular formula is C14H21NO2S. The fraction of sp³-hybridized carbons (Fsp3) is 0.571. The molecule has 3 atom stereocenters. The van der Waals surface area contributed by atoms with Crippen LogP contribution < -0.4 is 10.1 Å². The number of benzene rings is 1. The average Bonchev–Trinajstić information content (AvgIpc) is 2.38. The molecule has 3 nitrogen and oxygen atoms in total. The molecule has 0 fully saturated rings. The predicted octanol–water partition coefficient (Wildman–Crippen LogP) is 2.26. The maximum atomic E-state index is 11.3. The first-order valence-electron chi connectivity index (χ1n) is 6.46. The topological polar surface area (TPSA) is 38.3 Å². The molecule has 3 unspecified atom stereocenters. The molecule has 0 spiro atoms. The molecule has 0 saturated carbocycles. The number of para-hydroxylation sites is 1. The first-order valence-corrected chi connectivity index (χ1v) is 8.08. The Kier molecular flexibility index (Phi) is 4.78. The highest BCUT2D eigenvalue weighted by atomic mass is 32.2. The van der Waals surface area contributed by atoms with Crippen LogP contribution in [0.3, 0.4) is 0 Å². The second kappa shape index (κ2) is 6.34. The summed E-state index contributed by atoms with van der Waals surface area (Å²) in [6.07, 6.45) is 3.72. The van der Waals surface area contributed by atoms with Crippen LogP contribution in [0.1, 0.15) is 31.4 Å². The molecule has 1 aromatic carbocycles. The van der Waals surface area contributed by atoms with Crippen molar-refractivity contribution in [3.05, 3.63) is 29.8 Å². The Balaban J connectivity index is 1.90. The third-order valence-corrected chi connectivity index (χ3v) is 4.84. The molecule has 1 aromatic rings. The van der Waals surface area contributed by atoms with Gasteiger partial charge >= 0.3 is 0 Å². The Bertz CT molecular complexity index is 422. The summed E-state index contributed by atoms with van der Waals surface area (Å²) in [5, 5.41) is 3.81. The fourth-order valence-corrected chi connectivity index (χ4v) is 2.63. The zero-order valence-corrected chi connectivity index (χ0v) is 11.8. The van der Waals surface area contributed by atoms with Crippen LogP contribution in [0.25, 0.3) is 0 Å². The van der Waals surface area contributed by atoms with Gasteiger partial charge in [0.2, 0.25) is 0 Å². The smallest absolute Gasteiger partial charge is 0.124 e. The monoisotopic (exact) mass is 267 g/mol. The van der Waals surface area contributed by atoms with Crippen LogP contribution in [0.5, 0.6) is 5.75 Å². The molecule has 100 valence electrons. The predicted molar refractivity (Wildman–Crippen MR) is 75.4 cm³/mol.